The third-order valence-corrected chi connectivity index (χ3v) is 5.89. The Morgan fingerprint density at radius 3 is 2.26 bits per heavy atom. The van der Waals surface area contributed by atoms with Crippen LogP contribution < -0.4 is 0 Å². The van der Waals surface area contributed by atoms with Crippen molar-refractivity contribution in [2.45, 2.75) is 38.5 Å². The van der Waals surface area contributed by atoms with E-state index in [0.717, 1.165) is 24.8 Å². The Hall–Kier alpha value is -1.55. The maximum atomic E-state index is 12.9. The Labute approximate surface area is 141 Å². The highest BCUT2D eigenvalue weighted by molar-refractivity contribution is 6.30. The number of rotatable bonds is 3. The van der Waals surface area contributed by atoms with Gasteiger partial charge in [-0.3, -0.25) is 9.59 Å². The summed E-state index contributed by atoms with van der Waals surface area (Å²) < 4.78 is 0. The Morgan fingerprint density at radius 1 is 1.22 bits per heavy atom. The van der Waals surface area contributed by atoms with Crippen molar-refractivity contribution in [1.82, 2.24) is 4.90 Å². The molecule has 5 heteroatoms. The van der Waals surface area contributed by atoms with Gasteiger partial charge < -0.3 is 10.0 Å². The van der Waals surface area contributed by atoms with Crippen LogP contribution >= 0.6 is 11.6 Å². The van der Waals surface area contributed by atoms with E-state index in [1.165, 1.54) is 0 Å². The van der Waals surface area contributed by atoms with Crippen LogP contribution in [0.5, 0.6) is 0 Å². The van der Waals surface area contributed by atoms with Crippen molar-refractivity contribution in [2.24, 2.45) is 11.3 Å². The first-order valence-corrected chi connectivity index (χ1v) is 8.42. The molecule has 124 valence electrons. The molecule has 0 aromatic heterocycles. The van der Waals surface area contributed by atoms with Crippen LogP contribution in [0.25, 0.3) is 0 Å². The number of hydrogen-bond donors (Lipinski definition) is 1. The van der Waals surface area contributed by atoms with E-state index in [9.17, 15) is 9.59 Å². The summed E-state index contributed by atoms with van der Waals surface area (Å²) >= 11 is 5.92. The second kappa shape index (κ2) is 5.52. The van der Waals surface area contributed by atoms with E-state index in [2.05, 4.69) is 0 Å². The number of carboxylic acid groups (broad SMARTS) is 1. The molecule has 1 heterocycles. The predicted molar refractivity (Wildman–Crippen MR) is 88.5 cm³/mol. The van der Waals surface area contributed by atoms with Gasteiger partial charge in [0.15, 0.2) is 0 Å². The minimum absolute atomic E-state index is 0.0486. The van der Waals surface area contributed by atoms with Crippen molar-refractivity contribution >= 4 is 23.5 Å². The summed E-state index contributed by atoms with van der Waals surface area (Å²) in [6, 6.07) is 7.40. The lowest BCUT2D eigenvalue weighted by Gasteiger charge is -2.37. The molecule has 1 amide bonds. The largest absolute Gasteiger partial charge is 0.481 e. The van der Waals surface area contributed by atoms with Gasteiger partial charge in [0, 0.05) is 18.1 Å². The molecule has 1 aliphatic carbocycles. The van der Waals surface area contributed by atoms with E-state index >= 15 is 0 Å². The number of carbonyl (C=O) groups excluding carboxylic acids is 1. The van der Waals surface area contributed by atoms with Crippen LogP contribution in [0.1, 0.15) is 38.7 Å². The van der Waals surface area contributed by atoms with Gasteiger partial charge in [-0.15, -0.1) is 0 Å². The maximum Gasteiger partial charge on any atom is 0.307 e. The van der Waals surface area contributed by atoms with Gasteiger partial charge in [-0.25, -0.2) is 0 Å². The van der Waals surface area contributed by atoms with Gasteiger partial charge in [-0.05, 0) is 56.2 Å². The third kappa shape index (κ3) is 2.85. The Kier molecular flexibility index (Phi) is 3.91. The summed E-state index contributed by atoms with van der Waals surface area (Å²) in [6.07, 6.45) is 2.36. The Bertz CT molecular complexity index is 630. The quantitative estimate of drug-likeness (QED) is 0.921. The number of piperidine rings is 1. The van der Waals surface area contributed by atoms with Gasteiger partial charge in [-0.2, -0.15) is 0 Å². The van der Waals surface area contributed by atoms with E-state index in [1.807, 2.05) is 30.9 Å². The summed E-state index contributed by atoms with van der Waals surface area (Å²) in [4.78, 5) is 25.9. The van der Waals surface area contributed by atoms with Crippen LogP contribution in [-0.4, -0.2) is 35.0 Å². The van der Waals surface area contributed by atoms with Crippen LogP contribution in [0.2, 0.25) is 5.02 Å². The van der Waals surface area contributed by atoms with Gasteiger partial charge in [-0.1, -0.05) is 23.7 Å². The molecule has 4 nitrogen and oxygen atoms in total. The van der Waals surface area contributed by atoms with E-state index < -0.39 is 11.4 Å². The molecule has 1 unspecified atom stereocenters. The summed E-state index contributed by atoms with van der Waals surface area (Å²) in [5.74, 6) is -0.794. The van der Waals surface area contributed by atoms with Crippen molar-refractivity contribution in [3.05, 3.63) is 34.9 Å². The molecule has 2 aliphatic rings. The maximum absolute atomic E-state index is 12.9. The molecule has 1 saturated carbocycles. The molecule has 23 heavy (non-hydrogen) atoms. The summed E-state index contributed by atoms with van der Waals surface area (Å²) in [5.41, 5.74) is 0.291. The molecule has 1 saturated heterocycles. The fourth-order valence-electron chi connectivity index (χ4n) is 3.79. The number of hydrogen-bond acceptors (Lipinski definition) is 2. The number of benzene rings is 1. The highest BCUT2D eigenvalue weighted by Gasteiger charge is 2.59. The van der Waals surface area contributed by atoms with Crippen molar-refractivity contribution in [3.63, 3.8) is 0 Å². The predicted octanol–water partition coefficient (Wildman–Crippen LogP) is 3.33. The second-order valence-electron chi connectivity index (χ2n) is 7.38. The zero-order valence-corrected chi connectivity index (χ0v) is 14.3. The third-order valence-electron chi connectivity index (χ3n) is 5.63. The Balaban J connectivity index is 1.67. The number of aliphatic carboxylic acids is 1. The van der Waals surface area contributed by atoms with Gasteiger partial charge in [0.25, 0.3) is 0 Å². The van der Waals surface area contributed by atoms with Crippen LogP contribution in [0.15, 0.2) is 24.3 Å². The first kappa shape index (κ1) is 16.3. The minimum atomic E-state index is -0.689. The lowest BCUT2D eigenvalue weighted by molar-refractivity contribution is -0.140. The Morgan fingerprint density at radius 2 is 1.78 bits per heavy atom. The molecule has 1 aromatic carbocycles. The average molecular weight is 336 g/mol. The summed E-state index contributed by atoms with van der Waals surface area (Å²) in [5, 5.41) is 9.81. The van der Waals surface area contributed by atoms with Crippen LogP contribution in [-0.2, 0) is 15.0 Å². The van der Waals surface area contributed by atoms with Crippen LogP contribution in [0.3, 0.4) is 0 Å². The first-order chi connectivity index (χ1) is 10.8. The molecule has 1 aromatic rings. The van der Waals surface area contributed by atoms with E-state index in [4.69, 9.17) is 16.7 Å². The van der Waals surface area contributed by atoms with Gasteiger partial charge in [0.05, 0.1) is 11.3 Å². The lowest BCUT2D eigenvalue weighted by Crippen LogP contribution is -2.47. The van der Waals surface area contributed by atoms with Crippen molar-refractivity contribution in [2.75, 3.05) is 13.1 Å². The normalized spacial score (nSPS) is 22.9. The van der Waals surface area contributed by atoms with E-state index in [0.29, 0.717) is 18.1 Å². The zero-order valence-electron chi connectivity index (χ0n) is 13.5. The van der Waals surface area contributed by atoms with Crippen molar-refractivity contribution in [3.8, 4) is 0 Å². The molecule has 1 spiro atoms. The molecular formula is C18H22ClNO3. The molecule has 1 atom stereocenters. The number of carboxylic acids is 1. The molecule has 2 fully saturated rings. The summed E-state index contributed by atoms with van der Waals surface area (Å²) in [7, 11) is 0. The highest BCUT2D eigenvalue weighted by atomic mass is 35.5. The SMILES string of the molecule is CC(C)(C(=O)N1CCC2(CC1)CC2C(=O)O)c1ccc(Cl)cc1. The highest BCUT2D eigenvalue weighted by Crippen LogP contribution is 2.59. The minimum Gasteiger partial charge on any atom is -0.481 e. The molecular weight excluding hydrogens is 314 g/mol. The van der Waals surface area contributed by atoms with Crippen molar-refractivity contribution < 1.29 is 14.7 Å². The zero-order chi connectivity index (χ0) is 16.8. The number of halogens is 1. The molecule has 0 bridgehead atoms. The van der Waals surface area contributed by atoms with Gasteiger partial charge >= 0.3 is 5.97 Å². The fourth-order valence-corrected chi connectivity index (χ4v) is 3.92. The van der Waals surface area contributed by atoms with Gasteiger partial charge in [0.1, 0.15) is 0 Å². The van der Waals surface area contributed by atoms with Crippen molar-refractivity contribution in [1.29, 1.82) is 0 Å². The summed E-state index contributed by atoms with van der Waals surface area (Å²) in [6.45, 7) is 5.17. The molecule has 0 radical (unpaired) electrons. The van der Waals surface area contributed by atoms with Gasteiger partial charge in [0.2, 0.25) is 5.91 Å². The number of amides is 1. The lowest BCUT2D eigenvalue weighted by atomic mass is 9.81. The fraction of sp³-hybridized carbons (Fsp3) is 0.556. The van der Waals surface area contributed by atoms with E-state index in [-0.39, 0.29) is 17.2 Å². The van der Waals surface area contributed by atoms with E-state index in [1.54, 1.807) is 12.1 Å². The first-order valence-electron chi connectivity index (χ1n) is 8.04. The van der Waals surface area contributed by atoms with Crippen LogP contribution in [0.4, 0.5) is 0 Å². The molecule has 3 rings (SSSR count). The number of nitrogens with zero attached hydrogens (tertiary/aromatic N) is 1. The topological polar surface area (TPSA) is 57.6 Å². The van der Waals surface area contributed by atoms with Crippen LogP contribution in [0, 0.1) is 11.3 Å². The monoisotopic (exact) mass is 335 g/mol. The molecule has 1 N–H and O–H groups in total. The average Bonchev–Trinajstić information content (AvgIpc) is 3.22. The number of likely N-dealkylation sites (tertiary alicyclic amines) is 1. The standard InChI is InChI=1S/C18H22ClNO3/c1-17(2,12-3-5-13(19)6-4-12)16(23)20-9-7-18(8-10-20)11-14(18)15(21)22/h3-6,14H,7-11H2,1-2H3,(H,21,22). The smallest absolute Gasteiger partial charge is 0.307 e. The molecule has 1 aliphatic heterocycles. The second-order valence-corrected chi connectivity index (χ2v) is 7.82. The number of carbonyl (C=O) groups is 2.